The number of anilines is 1. The third-order valence-corrected chi connectivity index (χ3v) is 4.29. The minimum Gasteiger partial charge on any atom is -0.399 e. The molecule has 21 heavy (non-hydrogen) atoms. The number of nitrogen functional groups attached to an aromatic ring is 1. The highest BCUT2D eigenvalue weighted by molar-refractivity contribution is 6.07. The molecule has 0 aliphatic carbocycles. The van der Waals surface area contributed by atoms with Gasteiger partial charge in [0, 0.05) is 42.0 Å². The zero-order valence-corrected chi connectivity index (χ0v) is 12.0. The maximum atomic E-state index is 12.8. The number of benzene rings is 1. The second kappa shape index (κ2) is 5.77. The average Bonchev–Trinajstić information content (AvgIpc) is 2.90. The first-order valence-electron chi connectivity index (χ1n) is 7.49. The largest absolute Gasteiger partial charge is 0.399 e. The van der Waals surface area contributed by atoms with Crippen molar-refractivity contribution < 1.29 is 9.90 Å². The number of carbonyl (C=O) groups is 1. The topological polar surface area (TPSA) is 82.3 Å². The number of likely N-dealkylation sites (tertiary alicyclic amines) is 1. The van der Waals surface area contributed by atoms with Gasteiger partial charge in [-0.05, 0) is 43.9 Å². The molecule has 1 fully saturated rings. The number of amides is 1. The van der Waals surface area contributed by atoms with Crippen molar-refractivity contribution in [3.63, 3.8) is 0 Å². The fourth-order valence-electron chi connectivity index (χ4n) is 3.19. The minimum atomic E-state index is 0.0455. The van der Waals surface area contributed by atoms with Crippen molar-refractivity contribution in [2.75, 3.05) is 18.9 Å². The summed E-state index contributed by atoms with van der Waals surface area (Å²) in [6.45, 7) is 0.893. The molecule has 3 rings (SSSR count). The summed E-state index contributed by atoms with van der Waals surface area (Å²) in [6, 6.07) is 5.69. The zero-order chi connectivity index (χ0) is 14.8. The van der Waals surface area contributed by atoms with Gasteiger partial charge in [-0.25, -0.2) is 0 Å². The van der Waals surface area contributed by atoms with Gasteiger partial charge in [0.25, 0.3) is 5.91 Å². The molecule has 5 nitrogen and oxygen atoms in total. The van der Waals surface area contributed by atoms with E-state index in [1.54, 1.807) is 6.20 Å². The van der Waals surface area contributed by atoms with Crippen LogP contribution in [0.1, 0.15) is 36.0 Å². The number of nitrogens with zero attached hydrogens (tertiary/aromatic N) is 1. The number of H-pyrrole nitrogens is 1. The smallest absolute Gasteiger partial charge is 0.256 e. The molecular weight excluding hydrogens is 266 g/mol. The highest BCUT2D eigenvalue weighted by Crippen LogP contribution is 2.26. The lowest BCUT2D eigenvalue weighted by Crippen LogP contribution is -2.44. The highest BCUT2D eigenvalue weighted by Gasteiger charge is 2.28. The molecule has 1 saturated heterocycles. The van der Waals surface area contributed by atoms with E-state index >= 15 is 0 Å². The standard InChI is InChI=1S/C16H21N3O2/c17-11-4-5-13-14(10-18-15(13)9-11)16(21)19-7-2-1-3-12(19)6-8-20/h4-5,9-10,12,18,20H,1-3,6-8,17H2. The normalized spacial score (nSPS) is 19.1. The molecule has 2 heterocycles. The number of nitrogens with one attached hydrogen (secondary N) is 1. The summed E-state index contributed by atoms with van der Waals surface area (Å²) >= 11 is 0. The number of hydrogen-bond acceptors (Lipinski definition) is 3. The first-order valence-corrected chi connectivity index (χ1v) is 7.49. The molecule has 1 aliphatic heterocycles. The van der Waals surface area contributed by atoms with Crippen LogP contribution in [-0.2, 0) is 0 Å². The van der Waals surface area contributed by atoms with E-state index < -0.39 is 0 Å². The molecule has 1 aromatic heterocycles. The molecule has 1 unspecified atom stereocenters. The molecule has 112 valence electrons. The van der Waals surface area contributed by atoms with E-state index in [4.69, 9.17) is 5.73 Å². The second-order valence-electron chi connectivity index (χ2n) is 5.67. The van der Waals surface area contributed by atoms with E-state index in [0.29, 0.717) is 17.7 Å². The molecule has 1 atom stereocenters. The van der Waals surface area contributed by atoms with Gasteiger partial charge in [-0.3, -0.25) is 4.79 Å². The first kappa shape index (κ1) is 13.9. The number of carbonyl (C=O) groups excluding carboxylic acids is 1. The zero-order valence-electron chi connectivity index (χ0n) is 12.0. The van der Waals surface area contributed by atoms with E-state index in [1.807, 2.05) is 23.1 Å². The van der Waals surface area contributed by atoms with Crippen LogP contribution in [0.25, 0.3) is 10.9 Å². The number of piperidine rings is 1. The third kappa shape index (κ3) is 2.61. The quantitative estimate of drug-likeness (QED) is 0.756. The fourth-order valence-corrected chi connectivity index (χ4v) is 3.19. The third-order valence-electron chi connectivity index (χ3n) is 4.29. The van der Waals surface area contributed by atoms with Crippen molar-refractivity contribution in [1.29, 1.82) is 0 Å². The SMILES string of the molecule is Nc1ccc2c(C(=O)N3CCCCC3CCO)c[nH]c2c1. The van der Waals surface area contributed by atoms with Crippen LogP contribution < -0.4 is 5.73 Å². The Morgan fingerprint density at radius 2 is 2.29 bits per heavy atom. The number of aliphatic hydroxyl groups excluding tert-OH is 1. The molecule has 1 aromatic carbocycles. The lowest BCUT2D eigenvalue weighted by atomic mass is 9.98. The lowest BCUT2D eigenvalue weighted by Gasteiger charge is -2.35. The second-order valence-corrected chi connectivity index (χ2v) is 5.67. The Balaban J connectivity index is 1.91. The van der Waals surface area contributed by atoms with Crippen molar-refractivity contribution in [3.8, 4) is 0 Å². The molecule has 0 saturated carbocycles. The van der Waals surface area contributed by atoms with Crippen molar-refractivity contribution in [2.24, 2.45) is 0 Å². The molecule has 4 N–H and O–H groups in total. The molecule has 2 aromatic rings. The fraction of sp³-hybridized carbons (Fsp3) is 0.438. The first-order chi connectivity index (χ1) is 10.2. The number of aliphatic hydroxyl groups is 1. The summed E-state index contributed by atoms with van der Waals surface area (Å²) < 4.78 is 0. The Morgan fingerprint density at radius 1 is 1.43 bits per heavy atom. The average molecular weight is 287 g/mol. The summed E-state index contributed by atoms with van der Waals surface area (Å²) in [5.74, 6) is 0.0455. The van der Waals surface area contributed by atoms with E-state index in [-0.39, 0.29) is 18.6 Å². The number of fused-ring (bicyclic) bond motifs is 1. The summed E-state index contributed by atoms with van der Waals surface area (Å²) in [6.07, 6.45) is 5.54. The number of hydrogen-bond donors (Lipinski definition) is 3. The van der Waals surface area contributed by atoms with Crippen molar-refractivity contribution >= 4 is 22.5 Å². The molecule has 0 bridgehead atoms. The molecule has 5 heteroatoms. The monoisotopic (exact) mass is 287 g/mol. The molecule has 0 spiro atoms. The molecule has 1 amide bonds. The Labute approximate surface area is 123 Å². The highest BCUT2D eigenvalue weighted by atomic mass is 16.3. The van der Waals surface area contributed by atoms with E-state index in [9.17, 15) is 9.90 Å². The summed E-state index contributed by atoms with van der Waals surface area (Å²) in [7, 11) is 0. The van der Waals surface area contributed by atoms with Crippen LogP contribution >= 0.6 is 0 Å². The Bertz CT molecular complexity index is 648. The molecule has 0 radical (unpaired) electrons. The van der Waals surface area contributed by atoms with Crippen LogP contribution in [0.5, 0.6) is 0 Å². The predicted octanol–water partition coefficient (Wildman–Crippen LogP) is 2.13. The van der Waals surface area contributed by atoms with Gasteiger partial charge in [-0.15, -0.1) is 0 Å². The van der Waals surface area contributed by atoms with Crippen LogP contribution in [0.4, 0.5) is 5.69 Å². The van der Waals surface area contributed by atoms with Gasteiger partial charge in [0.15, 0.2) is 0 Å². The van der Waals surface area contributed by atoms with E-state index in [1.165, 1.54) is 0 Å². The van der Waals surface area contributed by atoms with Crippen molar-refractivity contribution in [1.82, 2.24) is 9.88 Å². The van der Waals surface area contributed by atoms with Crippen LogP contribution in [0, 0.1) is 0 Å². The predicted molar refractivity (Wildman–Crippen MR) is 83.1 cm³/mol. The van der Waals surface area contributed by atoms with E-state index in [0.717, 1.165) is 36.7 Å². The van der Waals surface area contributed by atoms with Crippen molar-refractivity contribution in [2.45, 2.75) is 31.7 Å². The lowest BCUT2D eigenvalue weighted by molar-refractivity contribution is 0.0576. The van der Waals surface area contributed by atoms with Crippen LogP contribution in [0.3, 0.4) is 0 Å². The van der Waals surface area contributed by atoms with Gasteiger partial charge < -0.3 is 20.7 Å². The number of aromatic nitrogens is 1. The maximum Gasteiger partial charge on any atom is 0.256 e. The number of rotatable bonds is 3. The van der Waals surface area contributed by atoms with Gasteiger partial charge in [0.1, 0.15) is 0 Å². The van der Waals surface area contributed by atoms with Gasteiger partial charge in [-0.2, -0.15) is 0 Å². The summed E-state index contributed by atoms with van der Waals surface area (Å²) in [4.78, 5) is 17.9. The summed E-state index contributed by atoms with van der Waals surface area (Å²) in [5.41, 5.74) is 8.02. The van der Waals surface area contributed by atoms with E-state index in [2.05, 4.69) is 4.98 Å². The van der Waals surface area contributed by atoms with Crippen molar-refractivity contribution in [3.05, 3.63) is 30.0 Å². The van der Waals surface area contributed by atoms with Crippen LogP contribution in [-0.4, -0.2) is 40.1 Å². The minimum absolute atomic E-state index is 0.0455. The Kier molecular flexibility index (Phi) is 3.84. The summed E-state index contributed by atoms with van der Waals surface area (Å²) in [5, 5.41) is 10.1. The molecular formula is C16H21N3O2. The Morgan fingerprint density at radius 3 is 3.10 bits per heavy atom. The number of nitrogens with two attached hydrogens (primary N) is 1. The van der Waals surface area contributed by atoms with Gasteiger partial charge >= 0.3 is 0 Å². The molecule has 1 aliphatic rings. The van der Waals surface area contributed by atoms with Gasteiger partial charge in [0.05, 0.1) is 5.56 Å². The van der Waals surface area contributed by atoms with Gasteiger partial charge in [-0.1, -0.05) is 0 Å². The van der Waals surface area contributed by atoms with Gasteiger partial charge in [0.2, 0.25) is 0 Å². The number of aromatic amines is 1. The van der Waals surface area contributed by atoms with Crippen LogP contribution in [0.15, 0.2) is 24.4 Å². The maximum absolute atomic E-state index is 12.8. The Hall–Kier alpha value is -2.01. The van der Waals surface area contributed by atoms with Crippen LogP contribution in [0.2, 0.25) is 0 Å².